The lowest BCUT2D eigenvalue weighted by Gasteiger charge is -2.22. The third kappa shape index (κ3) is 3.52. The van der Waals surface area contributed by atoms with Crippen molar-refractivity contribution in [1.82, 2.24) is 0 Å². The molecule has 1 aromatic rings. The number of amides is 1. The summed E-state index contributed by atoms with van der Waals surface area (Å²) in [6.07, 6.45) is 3.11. The monoisotopic (exact) mass is 262 g/mol. The highest BCUT2D eigenvalue weighted by molar-refractivity contribution is 5.92. The second-order valence-corrected chi connectivity index (χ2v) is 4.52. The van der Waals surface area contributed by atoms with Crippen LogP contribution < -0.4 is 5.32 Å². The van der Waals surface area contributed by atoms with Crippen molar-refractivity contribution < 1.29 is 13.9 Å². The van der Waals surface area contributed by atoms with Gasteiger partial charge in [0.15, 0.2) is 0 Å². The number of nitriles is 1. The van der Waals surface area contributed by atoms with E-state index in [0.29, 0.717) is 6.61 Å². The van der Waals surface area contributed by atoms with Gasteiger partial charge >= 0.3 is 0 Å². The maximum atomic E-state index is 13.4. The molecular formula is C14H15FN2O2. The predicted molar refractivity (Wildman–Crippen MR) is 68.0 cm³/mol. The molecule has 1 fully saturated rings. The van der Waals surface area contributed by atoms with Crippen LogP contribution in [0.1, 0.15) is 31.2 Å². The van der Waals surface area contributed by atoms with E-state index in [4.69, 9.17) is 10.00 Å². The number of nitrogens with one attached hydrogen (secondary N) is 1. The van der Waals surface area contributed by atoms with Gasteiger partial charge in [-0.1, -0.05) is 6.07 Å². The molecule has 0 saturated carbocycles. The van der Waals surface area contributed by atoms with Gasteiger partial charge in [0.2, 0.25) is 5.91 Å². The van der Waals surface area contributed by atoms with Gasteiger partial charge in [-0.25, -0.2) is 4.39 Å². The number of anilines is 1. The van der Waals surface area contributed by atoms with Crippen LogP contribution in [0.4, 0.5) is 10.1 Å². The summed E-state index contributed by atoms with van der Waals surface area (Å²) in [5.74, 6) is -0.886. The number of halogens is 1. The van der Waals surface area contributed by atoms with E-state index in [1.807, 2.05) is 0 Å². The molecule has 1 unspecified atom stereocenters. The van der Waals surface area contributed by atoms with Crippen LogP contribution >= 0.6 is 0 Å². The fraction of sp³-hybridized carbons (Fsp3) is 0.429. The van der Waals surface area contributed by atoms with Crippen molar-refractivity contribution in [3.05, 3.63) is 29.6 Å². The molecule has 1 atom stereocenters. The van der Waals surface area contributed by atoms with Crippen molar-refractivity contribution in [2.45, 2.75) is 31.8 Å². The number of nitrogens with zero attached hydrogens (tertiary/aromatic N) is 1. The normalized spacial score (nSPS) is 18.6. The molecule has 100 valence electrons. The van der Waals surface area contributed by atoms with E-state index < -0.39 is 5.82 Å². The standard InChI is InChI=1S/C14H15FN2O2/c15-12-5-3-6-13(11(12)9-16)17-14(18)8-10-4-1-2-7-19-10/h3,5-6,10H,1-2,4,7-8H2,(H,17,18). The highest BCUT2D eigenvalue weighted by Gasteiger charge is 2.18. The Morgan fingerprint density at radius 2 is 2.37 bits per heavy atom. The minimum absolute atomic E-state index is 0.0761. The quantitative estimate of drug-likeness (QED) is 0.910. The lowest BCUT2D eigenvalue weighted by Crippen LogP contribution is -2.25. The lowest BCUT2D eigenvalue weighted by molar-refractivity contribution is -0.119. The maximum Gasteiger partial charge on any atom is 0.227 e. The number of ether oxygens (including phenoxy) is 1. The second kappa shape index (κ2) is 6.30. The van der Waals surface area contributed by atoms with E-state index in [9.17, 15) is 9.18 Å². The van der Waals surface area contributed by atoms with Crippen molar-refractivity contribution >= 4 is 11.6 Å². The van der Waals surface area contributed by atoms with E-state index in [1.165, 1.54) is 18.2 Å². The summed E-state index contributed by atoms with van der Waals surface area (Å²) >= 11 is 0. The van der Waals surface area contributed by atoms with Gasteiger partial charge in [-0.15, -0.1) is 0 Å². The molecule has 0 aromatic heterocycles. The second-order valence-electron chi connectivity index (χ2n) is 4.52. The molecule has 1 saturated heterocycles. The first-order chi connectivity index (χ1) is 9.20. The molecule has 0 spiro atoms. The van der Waals surface area contributed by atoms with E-state index in [0.717, 1.165) is 19.3 Å². The van der Waals surface area contributed by atoms with E-state index >= 15 is 0 Å². The van der Waals surface area contributed by atoms with Gasteiger partial charge in [0, 0.05) is 6.61 Å². The van der Waals surface area contributed by atoms with Gasteiger partial charge in [-0.2, -0.15) is 5.26 Å². The Morgan fingerprint density at radius 3 is 3.05 bits per heavy atom. The third-order valence-corrected chi connectivity index (χ3v) is 3.09. The molecule has 5 heteroatoms. The fourth-order valence-electron chi connectivity index (χ4n) is 2.12. The molecule has 1 aliphatic heterocycles. The summed E-state index contributed by atoms with van der Waals surface area (Å²) in [4.78, 5) is 11.8. The van der Waals surface area contributed by atoms with Crippen molar-refractivity contribution in [2.24, 2.45) is 0 Å². The SMILES string of the molecule is N#Cc1c(F)cccc1NC(=O)CC1CCCCO1. The van der Waals surface area contributed by atoms with Crippen LogP contribution in [0.5, 0.6) is 0 Å². The summed E-state index contributed by atoms with van der Waals surface area (Å²) < 4.78 is 18.8. The highest BCUT2D eigenvalue weighted by Crippen LogP contribution is 2.20. The lowest BCUT2D eigenvalue weighted by atomic mass is 10.1. The summed E-state index contributed by atoms with van der Waals surface area (Å²) in [5.41, 5.74) is 0.0729. The van der Waals surface area contributed by atoms with Crippen LogP contribution in [0, 0.1) is 17.1 Å². The Labute approximate surface area is 111 Å². The van der Waals surface area contributed by atoms with Gasteiger partial charge in [0.25, 0.3) is 0 Å². The van der Waals surface area contributed by atoms with E-state index in [2.05, 4.69) is 5.32 Å². The largest absolute Gasteiger partial charge is 0.378 e. The summed E-state index contributed by atoms with van der Waals surface area (Å²) in [6, 6.07) is 5.92. The number of carbonyl (C=O) groups excluding carboxylic acids is 1. The molecule has 0 bridgehead atoms. The number of rotatable bonds is 3. The average Bonchev–Trinajstić information content (AvgIpc) is 2.40. The van der Waals surface area contributed by atoms with E-state index in [-0.39, 0.29) is 29.7 Å². The molecule has 0 radical (unpaired) electrons. The first-order valence-electron chi connectivity index (χ1n) is 6.31. The molecule has 1 N–H and O–H groups in total. The van der Waals surface area contributed by atoms with Crippen molar-refractivity contribution in [1.29, 1.82) is 5.26 Å². The number of hydrogen-bond donors (Lipinski definition) is 1. The minimum Gasteiger partial charge on any atom is -0.378 e. The van der Waals surface area contributed by atoms with Gasteiger partial charge in [0.1, 0.15) is 17.4 Å². The van der Waals surface area contributed by atoms with Crippen molar-refractivity contribution in [3.63, 3.8) is 0 Å². The Hall–Kier alpha value is -1.93. The average molecular weight is 262 g/mol. The van der Waals surface area contributed by atoms with Crippen LogP contribution in [-0.4, -0.2) is 18.6 Å². The van der Waals surface area contributed by atoms with Crippen LogP contribution in [0.25, 0.3) is 0 Å². The topological polar surface area (TPSA) is 62.1 Å². The zero-order chi connectivity index (χ0) is 13.7. The Morgan fingerprint density at radius 1 is 1.53 bits per heavy atom. The Balaban J connectivity index is 1.99. The maximum absolute atomic E-state index is 13.4. The van der Waals surface area contributed by atoms with Gasteiger partial charge in [0.05, 0.1) is 18.2 Å². The number of benzene rings is 1. The van der Waals surface area contributed by atoms with Crippen LogP contribution in [0.15, 0.2) is 18.2 Å². The van der Waals surface area contributed by atoms with Gasteiger partial charge in [-0.05, 0) is 31.4 Å². The fourth-order valence-corrected chi connectivity index (χ4v) is 2.12. The molecular weight excluding hydrogens is 247 g/mol. The minimum atomic E-state index is -0.630. The zero-order valence-electron chi connectivity index (χ0n) is 10.5. The predicted octanol–water partition coefficient (Wildman–Crippen LogP) is 2.60. The summed E-state index contributed by atoms with van der Waals surface area (Å²) in [7, 11) is 0. The Kier molecular flexibility index (Phi) is 4.48. The first-order valence-corrected chi connectivity index (χ1v) is 6.31. The molecule has 0 aliphatic carbocycles. The van der Waals surface area contributed by atoms with E-state index in [1.54, 1.807) is 6.07 Å². The number of carbonyl (C=O) groups is 1. The molecule has 1 amide bonds. The molecule has 1 aliphatic rings. The third-order valence-electron chi connectivity index (χ3n) is 3.09. The zero-order valence-corrected chi connectivity index (χ0v) is 10.5. The molecule has 1 heterocycles. The van der Waals surface area contributed by atoms with Crippen molar-refractivity contribution in [2.75, 3.05) is 11.9 Å². The molecule has 1 aromatic carbocycles. The molecule has 4 nitrogen and oxygen atoms in total. The molecule has 19 heavy (non-hydrogen) atoms. The Bertz CT molecular complexity index is 505. The summed E-state index contributed by atoms with van der Waals surface area (Å²) in [6.45, 7) is 0.682. The highest BCUT2D eigenvalue weighted by atomic mass is 19.1. The smallest absolute Gasteiger partial charge is 0.227 e. The molecule has 2 rings (SSSR count). The number of hydrogen-bond acceptors (Lipinski definition) is 3. The van der Waals surface area contributed by atoms with Gasteiger partial charge < -0.3 is 10.1 Å². The first kappa shape index (κ1) is 13.5. The van der Waals surface area contributed by atoms with Crippen molar-refractivity contribution in [3.8, 4) is 6.07 Å². The van der Waals surface area contributed by atoms with Crippen LogP contribution in [0.3, 0.4) is 0 Å². The van der Waals surface area contributed by atoms with Crippen LogP contribution in [0.2, 0.25) is 0 Å². The van der Waals surface area contributed by atoms with Crippen LogP contribution in [-0.2, 0) is 9.53 Å². The summed E-state index contributed by atoms with van der Waals surface area (Å²) in [5, 5.41) is 11.4. The van der Waals surface area contributed by atoms with Gasteiger partial charge in [-0.3, -0.25) is 4.79 Å².